The van der Waals surface area contributed by atoms with Crippen molar-refractivity contribution < 1.29 is 51.1 Å². The highest BCUT2D eigenvalue weighted by atomic mass is 16.4. The van der Waals surface area contributed by atoms with Gasteiger partial charge < -0.3 is 83.0 Å². The van der Waals surface area contributed by atoms with Crippen LogP contribution in [0.4, 0.5) is 58.4 Å². The van der Waals surface area contributed by atoms with Gasteiger partial charge in [-0.1, -0.05) is 60.7 Å². The van der Waals surface area contributed by atoms with Crippen molar-refractivity contribution in [1.29, 1.82) is 0 Å². The zero-order valence-corrected chi connectivity index (χ0v) is 37.0. The number of rotatable bonds is 24. The average Bonchev–Trinajstić information content (AvgIpc) is 3.34. The van der Waals surface area contributed by atoms with Gasteiger partial charge in [-0.15, -0.1) is 0 Å². The number of para-hydroxylation sites is 2. The molecule has 2 heterocycles. The summed E-state index contributed by atoms with van der Waals surface area (Å²) in [6.07, 6.45) is -9.58. The fourth-order valence-electron chi connectivity index (χ4n) is 6.51. The average molecular weight is 937 g/mol. The van der Waals surface area contributed by atoms with Gasteiger partial charge in [-0.05, 0) is 84.6 Å². The van der Waals surface area contributed by atoms with E-state index in [9.17, 15) is 40.9 Å². The van der Waals surface area contributed by atoms with Gasteiger partial charge >= 0.3 is 0 Å². The van der Waals surface area contributed by atoms with Crippen molar-refractivity contribution in [3.63, 3.8) is 0 Å². The molecule has 8 atom stereocenters. The van der Waals surface area contributed by atoms with Crippen LogP contribution in [0.15, 0.2) is 97.1 Å². The molecule has 0 saturated heterocycles. The van der Waals surface area contributed by atoms with Gasteiger partial charge in [0.25, 0.3) is 0 Å². The van der Waals surface area contributed by atoms with Crippen LogP contribution in [-0.2, 0) is 0 Å². The van der Waals surface area contributed by atoms with Crippen LogP contribution in [0.3, 0.4) is 0 Å². The van der Waals surface area contributed by atoms with Crippen LogP contribution in [-0.4, -0.2) is 156 Å². The Balaban J connectivity index is 1.14. The number of nitrogens with zero attached hydrogens (tertiary/aromatic N) is 6. The lowest BCUT2D eigenvalue weighted by molar-refractivity contribution is -0.111. The second-order valence-corrected chi connectivity index (χ2v) is 15.7. The first-order valence-corrected chi connectivity index (χ1v) is 21.4. The summed E-state index contributed by atoms with van der Waals surface area (Å²) in [5.74, 6) is 0.692. The predicted octanol–water partition coefficient (Wildman–Crippen LogP) is 1.51. The summed E-state index contributed by atoms with van der Waals surface area (Å²) in [7, 11) is 0. The van der Waals surface area contributed by atoms with E-state index in [4.69, 9.17) is 10.2 Å². The second kappa shape index (κ2) is 24.2. The van der Waals surface area contributed by atoms with E-state index in [1.54, 1.807) is 0 Å². The van der Waals surface area contributed by atoms with E-state index in [-0.39, 0.29) is 48.8 Å². The molecule has 0 spiro atoms. The minimum absolute atomic E-state index is 0.0292. The predicted molar refractivity (Wildman–Crippen MR) is 256 cm³/mol. The molecule has 4 aromatic carbocycles. The van der Waals surface area contributed by atoms with Crippen molar-refractivity contribution in [2.24, 2.45) is 0 Å². The number of hydrogen-bond donors (Lipinski definition) is 16. The van der Waals surface area contributed by atoms with E-state index < -0.39 is 62.0 Å². The number of benzene rings is 4. The third-order valence-electron chi connectivity index (χ3n) is 10.4. The molecule has 6 aromatic rings. The van der Waals surface area contributed by atoms with Crippen molar-refractivity contribution in [3.05, 3.63) is 119 Å². The van der Waals surface area contributed by atoms with Gasteiger partial charge in [0.2, 0.25) is 35.7 Å². The van der Waals surface area contributed by atoms with E-state index in [0.29, 0.717) is 22.7 Å². The van der Waals surface area contributed by atoms with E-state index in [1.165, 1.54) is 0 Å². The maximum atomic E-state index is 10.5. The fourth-order valence-corrected chi connectivity index (χ4v) is 6.51. The number of nitrogens with one attached hydrogen (secondary N) is 6. The lowest BCUT2D eigenvalue weighted by Gasteiger charge is -2.25. The summed E-state index contributed by atoms with van der Waals surface area (Å²) < 4.78 is 0. The molecule has 0 aliphatic rings. The molecule has 8 unspecified atom stereocenters. The highest BCUT2D eigenvalue weighted by Gasteiger charge is 2.31. The zero-order valence-electron chi connectivity index (χ0n) is 37.0. The standard InChI is InChI=1S/C46H56N12O10/c1-25-19-31(51-45-55-41(47-21-33(61)37(65)39(67)35(63)23-59)53-43(57-45)49-29-9-5-3-6-10-29)17-15-27(25)13-14-28-16-18-32(20-26(28)2)52-46-56-42(48-22-34(62)38(66)40(68)36(64)24-60)54-44(58-46)50-30-11-7-4-8-12-30/h3-20,33-40,59-68H,21-24H2,1-2H3,(H3,47,49,51,53,55,57)(H3,48,50,52,54,56,58)/b14-13+. The van der Waals surface area contributed by atoms with E-state index in [0.717, 1.165) is 22.3 Å². The van der Waals surface area contributed by atoms with E-state index >= 15 is 0 Å². The molecule has 0 amide bonds. The third kappa shape index (κ3) is 14.3. The molecule has 360 valence electrons. The molecule has 22 heteroatoms. The molecule has 22 nitrogen and oxygen atoms in total. The summed E-state index contributed by atoms with van der Waals surface area (Å²) in [5.41, 5.74) is 6.45. The highest BCUT2D eigenvalue weighted by molar-refractivity contribution is 5.75. The summed E-state index contributed by atoms with van der Waals surface area (Å²) in [6.45, 7) is 1.67. The van der Waals surface area contributed by atoms with Gasteiger partial charge in [0.05, 0.1) is 25.4 Å². The second-order valence-electron chi connectivity index (χ2n) is 15.7. The van der Waals surface area contributed by atoms with Gasteiger partial charge in [0, 0.05) is 35.8 Å². The Morgan fingerprint density at radius 2 is 0.706 bits per heavy atom. The van der Waals surface area contributed by atoms with E-state index in [2.05, 4.69) is 61.8 Å². The monoisotopic (exact) mass is 936 g/mol. The zero-order chi connectivity index (χ0) is 48.7. The molecule has 0 fully saturated rings. The van der Waals surface area contributed by atoms with Gasteiger partial charge in [-0.2, -0.15) is 29.9 Å². The Hall–Kier alpha value is -6.96. The molecular weight excluding hydrogens is 881 g/mol. The first kappa shape index (κ1) is 50.5. The molecule has 0 bridgehead atoms. The molecule has 0 radical (unpaired) electrons. The normalized spacial score (nSPS) is 15.1. The van der Waals surface area contributed by atoms with Crippen molar-refractivity contribution >= 4 is 70.6 Å². The highest BCUT2D eigenvalue weighted by Crippen LogP contribution is 2.25. The summed E-state index contributed by atoms with van der Waals surface area (Å²) >= 11 is 0. The molecular formula is C46H56N12O10. The van der Waals surface area contributed by atoms with Crippen LogP contribution in [0.2, 0.25) is 0 Å². The van der Waals surface area contributed by atoms with Crippen molar-refractivity contribution in [2.45, 2.75) is 62.7 Å². The Morgan fingerprint density at radius 1 is 0.397 bits per heavy atom. The maximum absolute atomic E-state index is 10.5. The molecule has 6 rings (SSSR count). The van der Waals surface area contributed by atoms with Crippen molar-refractivity contribution in [1.82, 2.24) is 29.9 Å². The van der Waals surface area contributed by atoms with Crippen molar-refractivity contribution in [2.75, 3.05) is 58.2 Å². The largest absolute Gasteiger partial charge is 0.394 e. The Morgan fingerprint density at radius 3 is 1.03 bits per heavy atom. The number of aliphatic hydroxyl groups excluding tert-OH is 10. The molecule has 0 saturated carbocycles. The first-order chi connectivity index (χ1) is 32.7. The lowest BCUT2D eigenvalue weighted by Crippen LogP contribution is -2.48. The molecule has 0 aliphatic carbocycles. The quantitative estimate of drug-likeness (QED) is 0.0382. The molecule has 16 N–H and O–H groups in total. The number of aliphatic hydroxyl groups is 10. The Bertz CT molecular complexity index is 2390. The number of hydrogen-bond acceptors (Lipinski definition) is 22. The van der Waals surface area contributed by atoms with E-state index in [1.807, 2.05) is 123 Å². The number of aromatic nitrogens is 6. The molecule has 2 aromatic heterocycles. The maximum Gasteiger partial charge on any atom is 0.233 e. The van der Waals surface area contributed by atoms with Gasteiger partial charge in [-0.3, -0.25) is 0 Å². The van der Waals surface area contributed by atoms with Gasteiger partial charge in [0.15, 0.2) is 0 Å². The summed E-state index contributed by atoms with van der Waals surface area (Å²) in [4.78, 5) is 26.6. The minimum atomic E-state index is -1.79. The fraction of sp³-hybridized carbons (Fsp3) is 0.304. The lowest BCUT2D eigenvalue weighted by atomic mass is 10.0. The van der Waals surface area contributed by atoms with Crippen LogP contribution in [0.5, 0.6) is 0 Å². The Labute approximate surface area is 390 Å². The topological polar surface area (TPSA) is 352 Å². The van der Waals surface area contributed by atoms with Crippen LogP contribution in [0.25, 0.3) is 12.2 Å². The van der Waals surface area contributed by atoms with Crippen LogP contribution < -0.4 is 31.9 Å². The minimum Gasteiger partial charge on any atom is -0.394 e. The van der Waals surface area contributed by atoms with Crippen molar-refractivity contribution in [3.8, 4) is 0 Å². The first-order valence-electron chi connectivity index (χ1n) is 21.4. The third-order valence-corrected chi connectivity index (χ3v) is 10.4. The van der Waals surface area contributed by atoms with Crippen LogP contribution in [0, 0.1) is 13.8 Å². The van der Waals surface area contributed by atoms with Crippen LogP contribution in [0.1, 0.15) is 22.3 Å². The molecule has 0 aliphatic heterocycles. The summed E-state index contributed by atoms with van der Waals surface area (Å²) in [5, 5.41) is 117. The summed E-state index contributed by atoms with van der Waals surface area (Å²) in [6, 6.07) is 29.8. The number of anilines is 10. The van der Waals surface area contributed by atoms with Crippen LogP contribution >= 0.6 is 0 Å². The van der Waals surface area contributed by atoms with Gasteiger partial charge in [0.1, 0.15) is 36.6 Å². The Kier molecular flexibility index (Phi) is 17.9. The molecule has 68 heavy (non-hydrogen) atoms. The number of aryl methyl sites for hydroxylation is 2. The smallest absolute Gasteiger partial charge is 0.233 e. The SMILES string of the molecule is Cc1cc(Nc2nc(NCC(O)C(O)C(O)C(O)CO)nc(Nc3ccccc3)n2)ccc1/C=C/c1ccc(Nc2nc(NCC(O)C(O)C(O)C(O)CO)nc(Nc3ccccc3)n2)cc1C. The van der Waals surface area contributed by atoms with Gasteiger partial charge in [-0.25, -0.2) is 0 Å².